The van der Waals surface area contributed by atoms with Gasteiger partial charge in [0, 0.05) is 5.92 Å². The summed E-state index contributed by atoms with van der Waals surface area (Å²) in [5.74, 6) is 1.87. The summed E-state index contributed by atoms with van der Waals surface area (Å²) in [6.45, 7) is 0. The highest BCUT2D eigenvalue weighted by molar-refractivity contribution is 5.45. The first-order valence-electron chi connectivity index (χ1n) is 3.70. The Bertz CT molecular complexity index is 270. The summed E-state index contributed by atoms with van der Waals surface area (Å²) in [7, 11) is 0. The molecule has 2 aliphatic carbocycles. The number of ether oxygens (including phenoxy) is 1. The first kappa shape index (κ1) is 4.78. The molecular formula is C9H8O. The van der Waals surface area contributed by atoms with Crippen molar-refractivity contribution in [3.05, 3.63) is 35.6 Å². The molecular weight excluding hydrogens is 124 g/mol. The van der Waals surface area contributed by atoms with Crippen molar-refractivity contribution < 1.29 is 4.74 Å². The molecule has 2 unspecified atom stereocenters. The smallest absolute Gasteiger partial charge is 0.162 e. The van der Waals surface area contributed by atoms with E-state index in [1.807, 2.05) is 0 Å². The lowest BCUT2D eigenvalue weighted by Gasteiger charge is -2.12. The van der Waals surface area contributed by atoms with Crippen molar-refractivity contribution in [2.75, 3.05) is 0 Å². The Balaban J connectivity index is 2.09. The molecule has 0 bridgehead atoms. The molecule has 1 heteroatoms. The number of rotatable bonds is 0. The van der Waals surface area contributed by atoms with E-state index in [2.05, 4.69) is 24.3 Å². The Morgan fingerprint density at radius 3 is 3.40 bits per heavy atom. The average Bonchev–Trinajstić information content (AvgIpc) is 2.64. The van der Waals surface area contributed by atoms with Gasteiger partial charge < -0.3 is 4.74 Å². The average molecular weight is 132 g/mol. The van der Waals surface area contributed by atoms with Gasteiger partial charge in [-0.25, -0.2) is 0 Å². The summed E-state index contributed by atoms with van der Waals surface area (Å²) in [5.41, 5.74) is 1.47. The molecule has 1 nitrogen and oxygen atoms in total. The molecule has 0 saturated carbocycles. The van der Waals surface area contributed by atoms with E-state index >= 15 is 0 Å². The number of fused-ring (bicyclic) bond motifs is 3. The quantitative estimate of drug-likeness (QED) is 0.458. The molecule has 3 aliphatic rings. The van der Waals surface area contributed by atoms with E-state index in [1.165, 1.54) is 11.3 Å². The maximum Gasteiger partial charge on any atom is 0.162 e. The van der Waals surface area contributed by atoms with Gasteiger partial charge >= 0.3 is 0 Å². The fourth-order valence-electron chi connectivity index (χ4n) is 1.79. The van der Waals surface area contributed by atoms with Crippen LogP contribution in [-0.2, 0) is 4.74 Å². The van der Waals surface area contributed by atoms with Crippen LogP contribution in [0.25, 0.3) is 0 Å². The summed E-state index contributed by atoms with van der Waals surface area (Å²) < 4.78 is 5.31. The Kier molecular flexibility index (Phi) is 0.652. The van der Waals surface area contributed by atoms with Crippen LogP contribution in [0.2, 0.25) is 0 Å². The standard InChI is InChI=1S/C9H8O/c1-2-4-7-6(3-1)5-8-9(7)10-8/h1-3,5,7,9H,4H2. The zero-order valence-corrected chi connectivity index (χ0v) is 5.58. The number of allylic oxidation sites excluding steroid dienone is 4. The van der Waals surface area contributed by atoms with Crippen molar-refractivity contribution in [3.63, 3.8) is 0 Å². The predicted octanol–water partition coefficient (Wildman–Crippen LogP) is 1.79. The Morgan fingerprint density at radius 1 is 1.50 bits per heavy atom. The zero-order valence-electron chi connectivity index (χ0n) is 5.58. The zero-order chi connectivity index (χ0) is 6.55. The van der Waals surface area contributed by atoms with Gasteiger partial charge in [0.2, 0.25) is 0 Å². The normalized spacial score (nSPS) is 39.2. The molecule has 1 heterocycles. The van der Waals surface area contributed by atoms with Gasteiger partial charge in [-0.2, -0.15) is 0 Å². The molecule has 0 aromatic rings. The second-order valence-corrected chi connectivity index (χ2v) is 3.02. The number of hydrogen-bond donors (Lipinski definition) is 0. The molecule has 0 radical (unpaired) electrons. The molecule has 50 valence electrons. The molecule has 1 fully saturated rings. The molecule has 0 aromatic carbocycles. The topological polar surface area (TPSA) is 12.5 Å². The Morgan fingerprint density at radius 2 is 2.50 bits per heavy atom. The maximum absolute atomic E-state index is 5.31. The highest BCUT2D eigenvalue weighted by Gasteiger charge is 2.46. The number of epoxide rings is 1. The van der Waals surface area contributed by atoms with Crippen LogP contribution in [0.4, 0.5) is 0 Å². The second kappa shape index (κ2) is 1.36. The van der Waals surface area contributed by atoms with Crippen molar-refractivity contribution in [1.29, 1.82) is 0 Å². The van der Waals surface area contributed by atoms with Crippen LogP contribution in [0, 0.1) is 5.92 Å². The van der Waals surface area contributed by atoms with Crippen molar-refractivity contribution in [1.82, 2.24) is 0 Å². The van der Waals surface area contributed by atoms with E-state index in [1.54, 1.807) is 0 Å². The third-order valence-corrected chi connectivity index (χ3v) is 2.40. The summed E-state index contributed by atoms with van der Waals surface area (Å²) >= 11 is 0. The third-order valence-electron chi connectivity index (χ3n) is 2.40. The van der Waals surface area contributed by atoms with Crippen LogP contribution in [0.5, 0.6) is 0 Å². The minimum atomic E-state index is 0.469. The van der Waals surface area contributed by atoms with E-state index in [9.17, 15) is 0 Å². The van der Waals surface area contributed by atoms with E-state index in [4.69, 9.17) is 4.74 Å². The van der Waals surface area contributed by atoms with Gasteiger partial charge in [-0.05, 0) is 18.1 Å². The minimum absolute atomic E-state index is 0.469. The van der Waals surface area contributed by atoms with Gasteiger partial charge in [-0.15, -0.1) is 0 Å². The largest absolute Gasteiger partial charge is 0.482 e. The van der Waals surface area contributed by atoms with E-state index in [0.717, 1.165) is 6.42 Å². The predicted molar refractivity (Wildman–Crippen MR) is 38.3 cm³/mol. The van der Waals surface area contributed by atoms with Crippen molar-refractivity contribution in [2.24, 2.45) is 5.92 Å². The summed E-state index contributed by atoms with van der Waals surface area (Å²) in [6, 6.07) is 0. The molecule has 3 rings (SSSR count). The van der Waals surface area contributed by atoms with Gasteiger partial charge in [0.15, 0.2) is 6.10 Å². The first-order valence-corrected chi connectivity index (χ1v) is 3.70. The molecule has 0 spiro atoms. The summed E-state index contributed by atoms with van der Waals surface area (Å²) in [6.07, 6.45) is 10.3. The monoisotopic (exact) mass is 132 g/mol. The van der Waals surface area contributed by atoms with Gasteiger partial charge in [-0.3, -0.25) is 0 Å². The van der Waals surface area contributed by atoms with Crippen LogP contribution in [0.3, 0.4) is 0 Å². The highest BCUT2D eigenvalue weighted by Crippen LogP contribution is 2.47. The molecule has 0 aromatic heterocycles. The van der Waals surface area contributed by atoms with Crippen LogP contribution >= 0.6 is 0 Å². The van der Waals surface area contributed by atoms with Crippen LogP contribution in [0.15, 0.2) is 35.6 Å². The fraction of sp³-hybridized carbons (Fsp3) is 0.333. The minimum Gasteiger partial charge on any atom is -0.482 e. The van der Waals surface area contributed by atoms with E-state index in [0.29, 0.717) is 12.0 Å². The lowest BCUT2D eigenvalue weighted by molar-refractivity contribution is 0.357. The van der Waals surface area contributed by atoms with E-state index < -0.39 is 0 Å². The van der Waals surface area contributed by atoms with Gasteiger partial charge in [0.05, 0.1) is 0 Å². The van der Waals surface area contributed by atoms with E-state index in [-0.39, 0.29) is 0 Å². The third kappa shape index (κ3) is 0.441. The number of hydrogen-bond acceptors (Lipinski definition) is 1. The van der Waals surface area contributed by atoms with Crippen molar-refractivity contribution >= 4 is 0 Å². The molecule has 0 N–H and O–H groups in total. The van der Waals surface area contributed by atoms with Crippen LogP contribution < -0.4 is 0 Å². The SMILES string of the molecule is C1=CCC2C(=C1)C=C1OC12. The molecule has 2 atom stereocenters. The summed E-state index contributed by atoms with van der Waals surface area (Å²) in [5, 5.41) is 0. The van der Waals surface area contributed by atoms with Crippen molar-refractivity contribution in [2.45, 2.75) is 12.5 Å². The van der Waals surface area contributed by atoms with Gasteiger partial charge in [-0.1, -0.05) is 18.2 Å². The fourth-order valence-corrected chi connectivity index (χ4v) is 1.79. The second-order valence-electron chi connectivity index (χ2n) is 3.02. The van der Waals surface area contributed by atoms with Crippen molar-refractivity contribution in [3.8, 4) is 0 Å². The lowest BCUT2D eigenvalue weighted by atomic mass is 9.93. The highest BCUT2D eigenvalue weighted by atomic mass is 16.6. The Labute approximate surface area is 59.7 Å². The lowest BCUT2D eigenvalue weighted by Crippen LogP contribution is -2.07. The van der Waals surface area contributed by atoms with Gasteiger partial charge in [0.1, 0.15) is 5.76 Å². The molecule has 10 heavy (non-hydrogen) atoms. The maximum atomic E-state index is 5.31. The molecule has 0 amide bonds. The summed E-state index contributed by atoms with van der Waals surface area (Å²) in [4.78, 5) is 0. The molecule has 1 aliphatic heterocycles. The van der Waals surface area contributed by atoms with Crippen LogP contribution in [0.1, 0.15) is 6.42 Å². The molecule has 1 saturated heterocycles. The Hall–Kier alpha value is -0.980. The first-order chi connectivity index (χ1) is 4.95. The van der Waals surface area contributed by atoms with Crippen LogP contribution in [-0.4, -0.2) is 6.10 Å². The van der Waals surface area contributed by atoms with Gasteiger partial charge in [0.25, 0.3) is 0 Å².